The van der Waals surface area contributed by atoms with Crippen molar-refractivity contribution in [2.45, 2.75) is 13.0 Å². The zero-order valence-electron chi connectivity index (χ0n) is 11.4. The van der Waals surface area contributed by atoms with Gasteiger partial charge in [-0.2, -0.15) is 5.10 Å². The van der Waals surface area contributed by atoms with Gasteiger partial charge in [-0.1, -0.05) is 12.1 Å². The number of hydrogen-bond acceptors (Lipinski definition) is 4. The van der Waals surface area contributed by atoms with Gasteiger partial charge in [0.1, 0.15) is 5.75 Å². The van der Waals surface area contributed by atoms with Crippen molar-refractivity contribution in [2.75, 3.05) is 12.4 Å². The molecule has 1 heterocycles. The lowest BCUT2D eigenvalue weighted by Gasteiger charge is -2.09. The van der Waals surface area contributed by atoms with Crippen molar-refractivity contribution in [1.29, 1.82) is 0 Å². The molecule has 0 fully saturated rings. The number of anilines is 1. The van der Waals surface area contributed by atoms with E-state index in [-0.39, 0.29) is 18.0 Å². The molecule has 0 saturated heterocycles. The number of carbonyl (C=O) groups is 2. The highest BCUT2D eigenvalue weighted by Gasteiger charge is 2.09. The van der Waals surface area contributed by atoms with Gasteiger partial charge in [-0.05, 0) is 18.2 Å². The number of carboxylic acid groups (broad SMARTS) is 1. The molecule has 2 aromatic rings. The molecule has 1 aromatic heterocycles. The summed E-state index contributed by atoms with van der Waals surface area (Å²) in [5.41, 5.74) is 0.553. The van der Waals surface area contributed by atoms with Crippen LogP contribution < -0.4 is 10.1 Å². The van der Waals surface area contributed by atoms with E-state index in [9.17, 15) is 9.59 Å². The first-order valence-corrected chi connectivity index (χ1v) is 6.30. The number of aromatic nitrogens is 2. The highest BCUT2D eigenvalue weighted by molar-refractivity contribution is 5.92. The van der Waals surface area contributed by atoms with Gasteiger partial charge in [-0.3, -0.25) is 9.48 Å². The predicted molar refractivity (Wildman–Crippen MR) is 75.4 cm³/mol. The third kappa shape index (κ3) is 3.82. The number of benzene rings is 1. The predicted octanol–water partition coefficient (Wildman–Crippen LogP) is 1.62. The van der Waals surface area contributed by atoms with E-state index in [1.165, 1.54) is 24.1 Å². The monoisotopic (exact) mass is 289 g/mol. The van der Waals surface area contributed by atoms with Gasteiger partial charge in [0.05, 0.1) is 12.8 Å². The maximum atomic E-state index is 11.9. The molecule has 110 valence electrons. The molecule has 0 aliphatic heterocycles. The van der Waals surface area contributed by atoms with Gasteiger partial charge in [0.15, 0.2) is 5.69 Å². The SMILES string of the molecule is COc1ccccc1NC(=O)CCn1ccc(C(=O)O)n1. The van der Waals surface area contributed by atoms with Crippen molar-refractivity contribution in [3.63, 3.8) is 0 Å². The van der Waals surface area contributed by atoms with Gasteiger partial charge < -0.3 is 15.2 Å². The summed E-state index contributed by atoms with van der Waals surface area (Å²) in [6.07, 6.45) is 1.71. The van der Waals surface area contributed by atoms with Crippen LogP contribution in [0.2, 0.25) is 0 Å². The quantitative estimate of drug-likeness (QED) is 0.842. The number of hydrogen-bond donors (Lipinski definition) is 2. The van der Waals surface area contributed by atoms with Crippen LogP contribution in [0.4, 0.5) is 5.69 Å². The van der Waals surface area contributed by atoms with Crippen LogP contribution in [-0.2, 0) is 11.3 Å². The van der Waals surface area contributed by atoms with Crippen LogP contribution >= 0.6 is 0 Å². The fourth-order valence-electron chi connectivity index (χ4n) is 1.78. The highest BCUT2D eigenvalue weighted by Crippen LogP contribution is 2.23. The van der Waals surface area contributed by atoms with E-state index >= 15 is 0 Å². The smallest absolute Gasteiger partial charge is 0.356 e. The average molecular weight is 289 g/mol. The summed E-state index contributed by atoms with van der Waals surface area (Å²) in [6.45, 7) is 0.300. The van der Waals surface area contributed by atoms with E-state index < -0.39 is 5.97 Å². The molecule has 0 radical (unpaired) electrons. The lowest BCUT2D eigenvalue weighted by molar-refractivity contribution is -0.116. The topological polar surface area (TPSA) is 93.5 Å². The van der Waals surface area contributed by atoms with Gasteiger partial charge in [0.2, 0.25) is 5.91 Å². The van der Waals surface area contributed by atoms with Gasteiger partial charge in [-0.15, -0.1) is 0 Å². The molecule has 0 saturated carbocycles. The van der Waals surface area contributed by atoms with Crippen molar-refractivity contribution >= 4 is 17.6 Å². The summed E-state index contributed by atoms with van der Waals surface area (Å²) in [6, 6.07) is 8.49. The number of para-hydroxylation sites is 2. The Morgan fingerprint density at radius 1 is 1.33 bits per heavy atom. The summed E-state index contributed by atoms with van der Waals surface area (Å²) in [5, 5.41) is 15.3. The van der Waals surface area contributed by atoms with E-state index in [2.05, 4.69) is 10.4 Å². The summed E-state index contributed by atoms with van der Waals surface area (Å²) in [5.74, 6) is -0.711. The van der Waals surface area contributed by atoms with E-state index in [1.807, 2.05) is 6.07 Å². The number of carbonyl (C=O) groups excluding carboxylic acids is 1. The van der Waals surface area contributed by atoms with Crippen LogP contribution in [0.15, 0.2) is 36.5 Å². The molecular weight excluding hydrogens is 274 g/mol. The van der Waals surface area contributed by atoms with Crippen molar-refractivity contribution < 1.29 is 19.4 Å². The van der Waals surface area contributed by atoms with E-state index in [0.717, 1.165) is 0 Å². The van der Waals surface area contributed by atoms with Crippen LogP contribution in [0, 0.1) is 0 Å². The fraction of sp³-hybridized carbons (Fsp3) is 0.214. The second-order valence-corrected chi connectivity index (χ2v) is 4.27. The minimum atomic E-state index is -1.09. The number of carboxylic acids is 1. The molecule has 7 heteroatoms. The standard InChI is InChI=1S/C14H15N3O4/c1-21-12-5-3-2-4-10(12)15-13(18)7-9-17-8-6-11(16-17)14(19)20/h2-6,8H,7,9H2,1H3,(H,15,18)(H,19,20). The number of methoxy groups -OCH3 is 1. The Balaban J connectivity index is 1.91. The number of nitrogens with zero attached hydrogens (tertiary/aromatic N) is 2. The Labute approximate surface area is 121 Å². The first-order valence-electron chi connectivity index (χ1n) is 6.30. The molecule has 0 bridgehead atoms. The van der Waals surface area contributed by atoms with Crippen molar-refractivity contribution in [3.05, 3.63) is 42.2 Å². The third-order valence-electron chi connectivity index (χ3n) is 2.81. The minimum absolute atomic E-state index is 0.0415. The maximum absolute atomic E-state index is 11.9. The van der Waals surface area contributed by atoms with Crippen LogP contribution in [-0.4, -0.2) is 33.9 Å². The second kappa shape index (κ2) is 6.56. The lowest BCUT2D eigenvalue weighted by Crippen LogP contribution is -2.15. The maximum Gasteiger partial charge on any atom is 0.356 e. The molecule has 21 heavy (non-hydrogen) atoms. The normalized spacial score (nSPS) is 10.1. The van der Waals surface area contributed by atoms with Crippen LogP contribution in [0.3, 0.4) is 0 Å². The zero-order valence-corrected chi connectivity index (χ0v) is 11.4. The van der Waals surface area contributed by atoms with Crippen LogP contribution in [0.1, 0.15) is 16.9 Å². The summed E-state index contributed by atoms with van der Waals surface area (Å²) in [7, 11) is 1.53. The van der Waals surface area contributed by atoms with Crippen molar-refractivity contribution in [2.24, 2.45) is 0 Å². The first-order chi connectivity index (χ1) is 10.1. The molecule has 2 rings (SSSR count). The van der Waals surface area contributed by atoms with Gasteiger partial charge in [0, 0.05) is 19.2 Å². The Kier molecular flexibility index (Phi) is 4.55. The Morgan fingerprint density at radius 2 is 2.10 bits per heavy atom. The Hall–Kier alpha value is -2.83. The first kappa shape index (κ1) is 14.6. The summed E-state index contributed by atoms with van der Waals surface area (Å²) < 4.78 is 6.56. The van der Waals surface area contributed by atoms with E-state index in [0.29, 0.717) is 18.0 Å². The highest BCUT2D eigenvalue weighted by atomic mass is 16.5. The molecule has 1 aromatic carbocycles. The molecule has 0 spiro atoms. The van der Waals surface area contributed by atoms with Gasteiger partial charge in [-0.25, -0.2) is 4.79 Å². The number of rotatable bonds is 6. The van der Waals surface area contributed by atoms with Crippen molar-refractivity contribution in [1.82, 2.24) is 9.78 Å². The van der Waals surface area contributed by atoms with Gasteiger partial charge >= 0.3 is 5.97 Å². The lowest BCUT2D eigenvalue weighted by atomic mass is 10.3. The molecule has 1 amide bonds. The molecule has 7 nitrogen and oxygen atoms in total. The van der Waals surface area contributed by atoms with E-state index in [4.69, 9.17) is 9.84 Å². The molecule has 0 atom stereocenters. The number of amides is 1. The zero-order chi connectivity index (χ0) is 15.2. The average Bonchev–Trinajstić information content (AvgIpc) is 2.95. The molecule has 0 aliphatic rings. The second-order valence-electron chi connectivity index (χ2n) is 4.27. The largest absolute Gasteiger partial charge is 0.495 e. The third-order valence-corrected chi connectivity index (χ3v) is 2.81. The number of ether oxygens (including phenoxy) is 1. The van der Waals surface area contributed by atoms with E-state index in [1.54, 1.807) is 18.2 Å². The van der Waals surface area contributed by atoms with Crippen LogP contribution in [0.5, 0.6) is 5.75 Å². The summed E-state index contributed by atoms with van der Waals surface area (Å²) >= 11 is 0. The molecule has 0 aliphatic carbocycles. The molecule has 0 unspecified atom stereocenters. The van der Waals surface area contributed by atoms with Crippen molar-refractivity contribution in [3.8, 4) is 5.75 Å². The molecular formula is C14H15N3O4. The number of nitrogens with one attached hydrogen (secondary N) is 1. The molecule has 2 N–H and O–H groups in total. The minimum Gasteiger partial charge on any atom is -0.495 e. The fourth-order valence-corrected chi connectivity index (χ4v) is 1.78. The van der Waals surface area contributed by atoms with Gasteiger partial charge in [0.25, 0.3) is 0 Å². The Morgan fingerprint density at radius 3 is 2.76 bits per heavy atom. The number of aromatic carboxylic acids is 1. The summed E-state index contributed by atoms with van der Waals surface area (Å²) in [4.78, 5) is 22.6. The van der Waals surface area contributed by atoms with Crippen LogP contribution in [0.25, 0.3) is 0 Å². The Bertz CT molecular complexity index is 651. The number of aryl methyl sites for hydroxylation is 1.